The molecule has 0 aliphatic heterocycles. The molecular formula is C18H14CuN4O13S3. The standard InChI is InChI=1S/C18H16N4O13S3.Cu/c23-14-6-5-12(36(27,28)8-7-35-38(32,33)34)9-13(14)19-20-15-16(18(25)26)21-22(17(15)24)10-1-3-11(4-2-10)37(29,30)31;/h1-6,9H,7-8H2,(H5,19,20,21,23,24,25,26,29,30,31,32,33,34);/q;+2/p-2. The Kier molecular flexibility index (Phi) is 9.58. The van der Waals surface area contributed by atoms with Crippen LogP contribution in [-0.4, -0.2) is 57.4 Å². The second-order valence-corrected chi connectivity index (χ2v) is 11.6. The minimum Gasteiger partial charge on any atom is -0.871 e. The van der Waals surface area contributed by atoms with Crippen LogP contribution < -0.4 is 20.9 Å². The average Bonchev–Trinajstić information content (AvgIpc) is 3.13. The number of carboxylic acids is 1. The summed E-state index contributed by atoms with van der Waals surface area (Å²) in [5.41, 5.74) is -4.03. The van der Waals surface area contributed by atoms with Gasteiger partial charge in [0.15, 0.2) is 9.84 Å². The second-order valence-electron chi connectivity index (χ2n) is 7.03. The minimum absolute atomic E-state index is 0. The zero-order chi connectivity index (χ0) is 28.5. The van der Waals surface area contributed by atoms with Crippen molar-refractivity contribution in [2.45, 2.75) is 9.79 Å². The maximum Gasteiger partial charge on any atom is 2.00 e. The summed E-state index contributed by atoms with van der Waals surface area (Å²) >= 11 is 0. The van der Waals surface area contributed by atoms with Crippen molar-refractivity contribution in [3.05, 3.63) is 58.5 Å². The smallest absolute Gasteiger partial charge is 0.871 e. The quantitative estimate of drug-likeness (QED) is 0.100. The number of aromatic carboxylic acids is 1. The van der Waals surface area contributed by atoms with E-state index in [0.717, 1.165) is 36.4 Å². The molecule has 39 heavy (non-hydrogen) atoms. The Labute approximate surface area is 234 Å². The fourth-order valence-electron chi connectivity index (χ4n) is 2.79. The molecule has 0 aliphatic rings. The van der Waals surface area contributed by atoms with E-state index in [9.17, 15) is 54.2 Å². The average molecular weight is 654 g/mol. The molecule has 0 bridgehead atoms. The largest absolute Gasteiger partial charge is 2.00 e. The summed E-state index contributed by atoms with van der Waals surface area (Å²) in [6.07, 6.45) is 0. The number of aromatic nitrogens is 2. The first-order chi connectivity index (χ1) is 17.5. The fraction of sp³-hybridized carbons (Fsp3) is 0.111. The van der Waals surface area contributed by atoms with Crippen molar-refractivity contribution in [3.63, 3.8) is 0 Å². The molecule has 0 unspecified atom stereocenters. The van der Waals surface area contributed by atoms with Gasteiger partial charge >= 0.3 is 21.3 Å². The van der Waals surface area contributed by atoms with Gasteiger partial charge in [-0.05, 0) is 36.4 Å². The van der Waals surface area contributed by atoms with Gasteiger partial charge in [-0.3, -0.25) is 8.98 Å². The van der Waals surface area contributed by atoms with Crippen molar-refractivity contribution in [2.75, 3.05) is 12.4 Å². The molecule has 2 aromatic carbocycles. The number of carboxylic acid groups (broad SMARTS) is 1. The number of carbonyl (C=O) groups excluding carboxylic acids is 1. The van der Waals surface area contributed by atoms with Crippen LogP contribution in [0.25, 0.3) is 5.69 Å². The molecule has 0 spiro atoms. The van der Waals surface area contributed by atoms with Gasteiger partial charge in [0.1, 0.15) is 15.8 Å². The first-order valence-electron chi connectivity index (χ1n) is 9.63. The number of hydrogen-bond donors (Lipinski definition) is 0. The molecular weight excluding hydrogens is 640 g/mol. The van der Waals surface area contributed by atoms with E-state index in [2.05, 4.69) is 19.5 Å². The predicted octanol–water partition coefficient (Wildman–Crippen LogP) is -1.86. The topological polar surface area (TPSA) is 282 Å². The number of benzene rings is 2. The summed E-state index contributed by atoms with van der Waals surface area (Å²) in [6.45, 7) is -1.01. The zero-order valence-electron chi connectivity index (χ0n) is 21.6. The molecule has 17 nitrogen and oxygen atoms in total. The van der Waals surface area contributed by atoms with Gasteiger partial charge in [-0.25, -0.2) is 25.3 Å². The molecule has 1 heterocycles. The van der Waals surface area contributed by atoms with Gasteiger partial charge in [-0.1, -0.05) is 17.5 Å². The van der Waals surface area contributed by atoms with Crippen molar-refractivity contribution >= 4 is 47.7 Å². The van der Waals surface area contributed by atoms with Crippen LogP contribution in [0.1, 0.15) is 14.8 Å². The molecule has 0 aliphatic carbocycles. The maximum absolute atomic E-state index is 12.7. The summed E-state index contributed by atoms with van der Waals surface area (Å²) in [5.74, 6) is -3.86. The third kappa shape index (κ3) is 7.80. The Morgan fingerprint density at radius 3 is 2.10 bits per heavy atom. The monoisotopic (exact) mass is 653 g/mol. The number of nitrogens with zero attached hydrogens (tertiary/aromatic N) is 4. The zero-order valence-corrected chi connectivity index (χ0v) is 22.0. The molecule has 1 aromatic heterocycles. The van der Waals surface area contributed by atoms with Crippen LogP contribution >= 0.6 is 0 Å². The molecule has 0 saturated carbocycles. The number of azo groups is 1. The molecule has 21 heteroatoms. The minimum atomic E-state index is -5.15. The first-order valence-corrected chi connectivity index (χ1v) is 14.0. The van der Waals surface area contributed by atoms with Gasteiger partial charge in [-0.15, -0.1) is 5.11 Å². The fourth-order valence-corrected chi connectivity index (χ4v) is 4.75. The molecule has 0 saturated heterocycles. The van der Waals surface area contributed by atoms with E-state index in [0.29, 0.717) is 10.7 Å². The van der Waals surface area contributed by atoms with Gasteiger partial charge in [0.05, 0.1) is 33.8 Å². The van der Waals surface area contributed by atoms with Crippen LogP contribution in [-0.2, 0) is 51.6 Å². The maximum atomic E-state index is 12.7. The van der Waals surface area contributed by atoms with Crippen molar-refractivity contribution < 1.29 is 74.9 Å². The van der Waals surface area contributed by atoms with Crippen LogP contribution in [0.3, 0.4) is 0 Å². The third-order valence-electron chi connectivity index (χ3n) is 4.51. The number of hydrogen-bond acceptors (Lipinski definition) is 15. The Bertz CT molecular complexity index is 1830. The molecule has 0 fully saturated rings. The van der Waals surface area contributed by atoms with Crippen LogP contribution in [0.4, 0.5) is 11.4 Å². The third-order valence-corrected chi connectivity index (χ3v) is 7.49. The molecule has 0 N–H and O–H groups in total. The number of rotatable bonds is 10. The van der Waals surface area contributed by atoms with Crippen LogP contribution in [0, 0.1) is 0 Å². The van der Waals surface area contributed by atoms with E-state index in [1.165, 1.54) is 0 Å². The summed E-state index contributed by atoms with van der Waals surface area (Å²) in [7, 11) is -14.3. The van der Waals surface area contributed by atoms with Crippen molar-refractivity contribution in [1.29, 1.82) is 0 Å². The van der Waals surface area contributed by atoms with Crippen LogP contribution in [0.15, 0.2) is 67.3 Å². The second kappa shape index (κ2) is 11.8. The predicted molar refractivity (Wildman–Crippen MR) is 119 cm³/mol. The van der Waals surface area contributed by atoms with E-state index < -0.39 is 86.9 Å². The molecule has 0 amide bonds. The summed E-state index contributed by atoms with van der Waals surface area (Å²) < 4.78 is 93.6. The molecule has 213 valence electrons. The Morgan fingerprint density at radius 1 is 0.974 bits per heavy atom. The molecule has 3 rings (SSSR count). The summed E-state index contributed by atoms with van der Waals surface area (Å²) in [4.78, 5) is 23.0. The van der Waals surface area contributed by atoms with Crippen molar-refractivity contribution in [3.8, 4) is 11.4 Å². The number of carbonyl (C=O) groups is 1. The first kappa shape index (κ1) is 31.8. The van der Waals surface area contributed by atoms with Gasteiger partial charge in [0, 0.05) is 5.69 Å². The van der Waals surface area contributed by atoms with Crippen LogP contribution in [0.2, 0.25) is 0 Å². The Hall–Kier alpha value is -3.43. The summed E-state index contributed by atoms with van der Waals surface area (Å²) in [6, 6.07) is 5.92. The Balaban J connectivity index is 0. The van der Waals surface area contributed by atoms with Crippen LogP contribution in [0.5, 0.6) is 5.75 Å². The van der Waals surface area contributed by atoms with E-state index >= 15 is 0 Å². The van der Waals surface area contributed by atoms with Gasteiger partial charge < -0.3 is 33.9 Å². The number of sulfone groups is 1. The van der Waals surface area contributed by atoms with E-state index in [-0.39, 0.29) is 27.0 Å². The molecule has 3 aromatic rings. The van der Waals surface area contributed by atoms with E-state index in [1.54, 1.807) is 0 Å². The molecule has 0 atom stereocenters. The normalized spacial score (nSPS) is 12.4. The van der Waals surface area contributed by atoms with E-state index in [1.807, 2.05) is 0 Å². The van der Waals surface area contributed by atoms with Gasteiger partial charge in [-0.2, -0.15) is 5.11 Å². The van der Waals surface area contributed by atoms with E-state index in [4.69, 9.17) is 0 Å². The molecule has 1 radical (unpaired) electrons. The van der Waals surface area contributed by atoms with Gasteiger partial charge in [0.25, 0.3) is 5.56 Å². The van der Waals surface area contributed by atoms with Crippen molar-refractivity contribution in [2.24, 2.45) is 10.2 Å². The Morgan fingerprint density at radius 2 is 1.56 bits per heavy atom. The SMILES string of the molecule is O=C([O-])c1[n-]n(-c2ccc(S(=O)(=O)[O-])cc2)c(=O)c1N=Nc1cc(S(=O)(=O)CCOS(=O)(=O)[O-])ccc1[O-].[Cu+2].[H+].[H+].[H+]. The van der Waals surface area contributed by atoms with Crippen molar-refractivity contribution in [1.82, 2.24) is 9.78 Å². The summed E-state index contributed by atoms with van der Waals surface area (Å²) in [5, 5.41) is 33.9. The van der Waals surface area contributed by atoms with Gasteiger partial charge in [0.2, 0.25) is 10.4 Å².